The average molecular weight is 472 g/mol. The molecule has 0 radical (unpaired) electrons. The van der Waals surface area contributed by atoms with Gasteiger partial charge in [0.25, 0.3) is 11.8 Å². The van der Waals surface area contributed by atoms with Crippen molar-refractivity contribution in [2.45, 2.75) is 19.9 Å². The molecular formula is C27H25N3O5. The Kier molecular flexibility index (Phi) is 7.11. The molecule has 0 unspecified atom stereocenters. The van der Waals surface area contributed by atoms with Crippen LogP contribution in [0.2, 0.25) is 0 Å². The van der Waals surface area contributed by atoms with Gasteiger partial charge in [-0.15, -0.1) is 0 Å². The first-order chi connectivity index (χ1) is 16.9. The van der Waals surface area contributed by atoms with Gasteiger partial charge in [0, 0.05) is 23.6 Å². The number of benzene rings is 3. The number of fused-ring (bicyclic) bond motifs is 1. The second-order valence-electron chi connectivity index (χ2n) is 7.92. The first-order valence-corrected chi connectivity index (χ1v) is 11.2. The number of ether oxygens (including phenoxy) is 1. The summed E-state index contributed by atoms with van der Waals surface area (Å²) in [5, 5.41) is 6.10. The van der Waals surface area contributed by atoms with E-state index in [-0.39, 0.29) is 18.0 Å². The molecule has 0 aliphatic heterocycles. The number of hydrogen-bond donors (Lipinski definition) is 3. The molecule has 4 aromatic rings. The Bertz CT molecular complexity index is 1430. The lowest BCUT2D eigenvalue weighted by Crippen LogP contribution is -2.27. The lowest BCUT2D eigenvalue weighted by atomic mass is 10.1. The van der Waals surface area contributed by atoms with Crippen molar-refractivity contribution in [3.05, 3.63) is 99.9 Å². The number of rotatable bonds is 8. The van der Waals surface area contributed by atoms with Crippen molar-refractivity contribution in [2.75, 3.05) is 17.7 Å². The van der Waals surface area contributed by atoms with Crippen LogP contribution < -0.4 is 26.7 Å². The number of nitrogen functional groups attached to an aromatic ring is 1. The number of nitrogens with one attached hydrogen (secondary N) is 2. The first-order valence-electron chi connectivity index (χ1n) is 11.2. The summed E-state index contributed by atoms with van der Waals surface area (Å²) in [6.45, 7) is 2.73. The predicted molar refractivity (Wildman–Crippen MR) is 135 cm³/mol. The van der Waals surface area contributed by atoms with Crippen molar-refractivity contribution in [1.82, 2.24) is 5.32 Å². The van der Waals surface area contributed by atoms with Crippen LogP contribution in [0, 0.1) is 0 Å². The third kappa shape index (κ3) is 5.67. The fourth-order valence-electron chi connectivity index (χ4n) is 3.42. The topological polar surface area (TPSA) is 124 Å². The maximum absolute atomic E-state index is 12.6. The minimum Gasteiger partial charge on any atom is -0.493 e. The first kappa shape index (κ1) is 23.6. The van der Waals surface area contributed by atoms with Crippen molar-refractivity contribution < 1.29 is 18.7 Å². The maximum Gasteiger partial charge on any atom is 0.349 e. The summed E-state index contributed by atoms with van der Waals surface area (Å²) in [4.78, 5) is 37.5. The van der Waals surface area contributed by atoms with Crippen LogP contribution in [0.3, 0.4) is 0 Å². The smallest absolute Gasteiger partial charge is 0.349 e. The molecule has 0 atom stereocenters. The van der Waals surface area contributed by atoms with E-state index in [0.29, 0.717) is 40.3 Å². The monoisotopic (exact) mass is 471 g/mol. The Labute approximate surface area is 201 Å². The molecule has 0 spiro atoms. The van der Waals surface area contributed by atoms with Gasteiger partial charge in [0.15, 0.2) is 0 Å². The molecule has 8 heteroatoms. The largest absolute Gasteiger partial charge is 0.493 e. The summed E-state index contributed by atoms with van der Waals surface area (Å²) in [5.41, 5.74) is 7.62. The second kappa shape index (κ2) is 10.6. The second-order valence-corrected chi connectivity index (χ2v) is 7.92. The Hall–Kier alpha value is -4.59. The summed E-state index contributed by atoms with van der Waals surface area (Å²) >= 11 is 0. The number of amides is 2. The Morgan fingerprint density at radius 1 is 0.971 bits per heavy atom. The van der Waals surface area contributed by atoms with E-state index >= 15 is 0 Å². The molecule has 0 aliphatic carbocycles. The highest BCUT2D eigenvalue weighted by atomic mass is 16.5. The molecule has 3 aromatic carbocycles. The van der Waals surface area contributed by atoms with Crippen molar-refractivity contribution in [3.63, 3.8) is 0 Å². The quantitative estimate of drug-likeness (QED) is 0.259. The third-order valence-electron chi connectivity index (χ3n) is 5.30. The molecular weight excluding hydrogens is 446 g/mol. The molecule has 35 heavy (non-hydrogen) atoms. The van der Waals surface area contributed by atoms with E-state index in [1.54, 1.807) is 66.7 Å². The minimum atomic E-state index is -0.727. The minimum absolute atomic E-state index is 0.0869. The van der Waals surface area contributed by atoms with E-state index in [1.807, 2.05) is 6.92 Å². The Morgan fingerprint density at radius 3 is 2.49 bits per heavy atom. The van der Waals surface area contributed by atoms with Gasteiger partial charge in [-0.3, -0.25) is 9.59 Å². The number of carbonyl (C=O) groups is 2. The average Bonchev–Trinajstić information content (AvgIpc) is 2.87. The zero-order valence-corrected chi connectivity index (χ0v) is 19.2. The van der Waals surface area contributed by atoms with E-state index in [2.05, 4.69) is 10.6 Å². The summed E-state index contributed by atoms with van der Waals surface area (Å²) in [7, 11) is 0. The zero-order chi connectivity index (χ0) is 24.8. The molecule has 1 heterocycles. The molecule has 4 rings (SSSR count). The van der Waals surface area contributed by atoms with Crippen LogP contribution in [0.5, 0.6) is 5.75 Å². The standard InChI is InChI=1S/C27H25N3O5/c1-2-13-34-20-12-11-19-14-21(27(33)35-24(19)15-20)26(32)29-16-17-7-9-18(10-8-17)25(31)30-23-6-4-3-5-22(23)28/h3-12,14-15H,2,13,16,28H2,1H3,(H,29,32)(H,30,31). The van der Waals surface area contributed by atoms with Gasteiger partial charge < -0.3 is 25.5 Å². The Morgan fingerprint density at radius 2 is 1.74 bits per heavy atom. The molecule has 0 fully saturated rings. The highest BCUT2D eigenvalue weighted by molar-refractivity contribution is 6.05. The highest BCUT2D eigenvalue weighted by Gasteiger charge is 2.14. The summed E-state index contributed by atoms with van der Waals surface area (Å²) in [6.07, 6.45) is 0.861. The van der Waals surface area contributed by atoms with Crippen LogP contribution >= 0.6 is 0 Å². The van der Waals surface area contributed by atoms with Crippen molar-refractivity contribution in [3.8, 4) is 5.75 Å². The highest BCUT2D eigenvalue weighted by Crippen LogP contribution is 2.21. The van der Waals surface area contributed by atoms with Crippen LogP contribution in [0.1, 0.15) is 39.6 Å². The lowest BCUT2D eigenvalue weighted by Gasteiger charge is -2.09. The van der Waals surface area contributed by atoms with E-state index in [1.165, 1.54) is 6.07 Å². The molecule has 0 aliphatic rings. The number of para-hydroxylation sites is 2. The summed E-state index contributed by atoms with van der Waals surface area (Å²) < 4.78 is 10.9. The number of hydrogen-bond acceptors (Lipinski definition) is 6. The van der Waals surface area contributed by atoms with Crippen LogP contribution in [0.4, 0.5) is 11.4 Å². The lowest BCUT2D eigenvalue weighted by molar-refractivity contribution is 0.0946. The van der Waals surface area contributed by atoms with Gasteiger partial charge in [0.05, 0.1) is 18.0 Å². The van der Waals surface area contributed by atoms with Gasteiger partial charge in [-0.25, -0.2) is 4.79 Å². The SMILES string of the molecule is CCCOc1ccc2cc(C(=O)NCc3ccc(C(=O)Nc4ccccc4N)cc3)c(=O)oc2c1. The zero-order valence-electron chi connectivity index (χ0n) is 19.2. The summed E-state index contributed by atoms with van der Waals surface area (Å²) in [5.74, 6) is -0.243. The van der Waals surface area contributed by atoms with E-state index in [0.717, 1.165) is 12.0 Å². The van der Waals surface area contributed by atoms with Gasteiger partial charge in [0.1, 0.15) is 16.9 Å². The van der Waals surface area contributed by atoms with Crippen LogP contribution in [-0.4, -0.2) is 18.4 Å². The van der Waals surface area contributed by atoms with Crippen LogP contribution in [0.25, 0.3) is 11.0 Å². The molecule has 4 N–H and O–H groups in total. The number of carbonyl (C=O) groups excluding carboxylic acids is 2. The van der Waals surface area contributed by atoms with Gasteiger partial charge in [-0.1, -0.05) is 31.2 Å². The van der Waals surface area contributed by atoms with Gasteiger partial charge in [-0.2, -0.15) is 0 Å². The van der Waals surface area contributed by atoms with Gasteiger partial charge in [-0.05, 0) is 54.4 Å². The molecule has 0 bridgehead atoms. The maximum atomic E-state index is 12.6. The third-order valence-corrected chi connectivity index (χ3v) is 5.30. The molecule has 2 amide bonds. The molecule has 0 saturated carbocycles. The van der Waals surface area contributed by atoms with Crippen molar-refractivity contribution >= 4 is 34.2 Å². The fraction of sp³-hybridized carbons (Fsp3) is 0.148. The van der Waals surface area contributed by atoms with Crippen LogP contribution in [-0.2, 0) is 6.54 Å². The van der Waals surface area contributed by atoms with Crippen molar-refractivity contribution in [1.29, 1.82) is 0 Å². The van der Waals surface area contributed by atoms with Crippen LogP contribution in [0.15, 0.2) is 82.0 Å². The predicted octanol–water partition coefficient (Wildman–Crippen LogP) is 4.35. The molecule has 8 nitrogen and oxygen atoms in total. The van der Waals surface area contributed by atoms with Gasteiger partial charge >= 0.3 is 5.63 Å². The Balaban J connectivity index is 1.40. The normalized spacial score (nSPS) is 10.7. The molecule has 1 aromatic heterocycles. The number of anilines is 2. The van der Waals surface area contributed by atoms with E-state index in [4.69, 9.17) is 14.9 Å². The number of nitrogens with two attached hydrogens (primary N) is 1. The summed E-state index contributed by atoms with van der Waals surface area (Å²) in [6, 6.07) is 20.4. The molecule has 178 valence electrons. The fourth-order valence-corrected chi connectivity index (χ4v) is 3.42. The molecule has 0 saturated heterocycles. The van der Waals surface area contributed by atoms with E-state index < -0.39 is 11.5 Å². The van der Waals surface area contributed by atoms with Crippen molar-refractivity contribution in [2.24, 2.45) is 0 Å². The van der Waals surface area contributed by atoms with E-state index in [9.17, 15) is 14.4 Å². The van der Waals surface area contributed by atoms with Gasteiger partial charge in [0.2, 0.25) is 0 Å².